The molecule has 0 spiro atoms. The van der Waals surface area contributed by atoms with Crippen molar-refractivity contribution in [2.24, 2.45) is 0 Å². The highest BCUT2D eigenvalue weighted by Gasteiger charge is 2.21. The van der Waals surface area contributed by atoms with Crippen LogP contribution in [0.25, 0.3) is 0 Å². The van der Waals surface area contributed by atoms with Gasteiger partial charge in [-0.2, -0.15) is 5.10 Å². The maximum Gasteiger partial charge on any atom is 0.267 e. The highest BCUT2D eigenvalue weighted by Crippen LogP contribution is 2.19. The van der Waals surface area contributed by atoms with Crippen LogP contribution < -0.4 is 10.9 Å². The average molecular weight is 422 g/mol. The number of nitrogens with one attached hydrogen (secondary N) is 1. The molecule has 0 bridgehead atoms. The van der Waals surface area contributed by atoms with Crippen LogP contribution in [0, 0.1) is 5.82 Å². The highest BCUT2D eigenvalue weighted by molar-refractivity contribution is 7.91. The molecule has 0 aliphatic rings. The normalized spacial score (nSPS) is 11.2. The number of carbonyl (C=O) groups is 1. The third-order valence-corrected chi connectivity index (χ3v) is 5.54. The lowest BCUT2D eigenvalue weighted by atomic mass is 10.3. The van der Waals surface area contributed by atoms with Gasteiger partial charge < -0.3 is 5.32 Å². The fraction of sp³-hybridized carbons (Fsp3) is 0.0556. The monoisotopic (exact) mass is 421 g/mol. The Morgan fingerprint density at radius 3 is 2.50 bits per heavy atom. The van der Waals surface area contributed by atoms with Crippen LogP contribution in [0.5, 0.6) is 0 Å². The molecule has 0 unspecified atom stereocenters. The van der Waals surface area contributed by atoms with Crippen molar-refractivity contribution < 1.29 is 17.6 Å². The smallest absolute Gasteiger partial charge is 0.267 e. The first-order valence-electron chi connectivity index (χ1n) is 7.90. The summed E-state index contributed by atoms with van der Waals surface area (Å²) in [5, 5.41) is 6.32. The van der Waals surface area contributed by atoms with Crippen LogP contribution >= 0.6 is 11.6 Å². The second-order valence-electron chi connectivity index (χ2n) is 5.68. The Kier molecular flexibility index (Phi) is 5.57. The summed E-state index contributed by atoms with van der Waals surface area (Å²) < 4.78 is 39.3. The summed E-state index contributed by atoms with van der Waals surface area (Å²) in [6.45, 7) is -0.506. The van der Waals surface area contributed by atoms with Crippen molar-refractivity contribution in [1.82, 2.24) is 9.78 Å². The molecular weight excluding hydrogens is 409 g/mol. The van der Waals surface area contributed by atoms with Gasteiger partial charge >= 0.3 is 0 Å². The van der Waals surface area contributed by atoms with Crippen molar-refractivity contribution in [1.29, 1.82) is 0 Å². The number of halogens is 2. The molecule has 0 saturated carbocycles. The van der Waals surface area contributed by atoms with Gasteiger partial charge in [-0.3, -0.25) is 9.59 Å². The van der Waals surface area contributed by atoms with Gasteiger partial charge in [-0.25, -0.2) is 17.5 Å². The van der Waals surface area contributed by atoms with Crippen LogP contribution in [0.1, 0.15) is 0 Å². The Bertz CT molecular complexity index is 1190. The molecule has 28 heavy (non-hydrogen) atoms. The van der Waals surface area contributed by atoms with Crippen LogP contribution in [0.4, 0.5) is 10.1 Å². The summed E-state index contributed by atoms with van der Waals surface area (Å²) in [5.74, 6) is -1.31. The van der Waals surface area contributed by atoms with Crippen molar-refractivity contribution in [3.63, 3.8) is 0 Å². The Balaban J connectivity index is 1.86. The molecule has 0 saturated heterocycles. The van der Waals surface area contributed by atoms with E-state index >= 15 is 0 Å². The zero-order valence-electron chi connectivity index (χ0n) is 14.2. The van der Waals surface area contributed by atoms with Crippen molar-refractivity contribution in [2.45, 2.75) is 16.5 Å². The summed E-state index contributed by atoms with van der Waals surface area (Å²) in [6.07, 6.45) is 0. The molecule has 0 radical (unpaired) electrons. The summed E-state index contributed by atoms with van der Waals surface area (Å²) in [6, 6.07) is 12.7. The molecule has 3 rings (SSSR count). The first kappa shape index (κ1) is 19.7. The number of anilines is 1. The summed E-state index contributed by atoms with van der Waals surface area (Å²) in [7, 11) is -4.16. The third-order valence-electron chi connectivity index (χ3n) is 3.65. The lowest BCUT2D eigenvalue weighted by molar-refractivity contribution is -0.117. The fourth-order valence-electron chi connectivity index (χ4n) is 2.31. The summed E-state index contributed by atoms with van der Waals surface area (Å²) >= 11 is 5.77. The quantitative estimate of drug-likeness (QED) is 0.682. The van der Waals surface area contributed by atoms with E-state index in [0.717, 1.165) is 28.9 Å². The van der Waals surface area contributed by atoms with E-state index < -0.39 is 38.7 Å². The van der Waals surface area contributed by atoms with Crippen LogP contribution in [0.2, 0.25) is 5.02 Å². The van der Waals surface area contributed by atoms with Gasteiger partial charge in [0.1, 0.15) is 12.4 Å². The third kappa shape index (κ3) is 4.44. The van der Waals surface area contributed by atoms with E-state index in [0.29, 0.717) is 10.7 Å². The second kappa shape index (κ2) is 7.91. The Hall–Kier alpha value is -3.04. The number of sulfone groups is 1. The Labute approximate surface area is 164 Å². The highest BCUT2D eigenvalue weighted by atomic mass is 35.5. The lowest BCUT2D eigenvalue weighted by Crippen LogP contribution is -2.30. The van der Waals surface area contributed by atoms with Crippen LogP contribution in [-0.4, -0.2) is 24.1 Å². The van der Waals surface area contributed by atoms with Crippen molar-refractivity contribution in [2.75, 3.05) is 5.32 Å². The number of rotatable bonds is 5. The van der Waals surface area contributed by atoms with Crippen molar-refractivity contribution >= 4 is 33.0 Å². The van der Waals surface area contributed by atoms with Gasteiger partial charge in [-0.1, -0.05) is 17.7 Å². The van der Waals surface area contributed by atoms with Crippen LogP contribution in [0.3, 0.4) is 0 Å². The van der Waals surface area contributed by atoms with E-state index in [1.165, 1.54) is 12.1 Å². The molecular formula is C18H13ClFN3O4S. The minimum atomic E-state index is -4.16. The lowest BCUT2D eigenvalue weighted by Gasteiger charge is -2.09. The number of amides is 1. The predicted octanol–water partition coefficient (Wildman–Crippen LogP) is 2.51. The number of carbonyl (C=O) groups excluding carboxylic acids is 1. The SMILES string of the molecule is O=C(Cn1nc(S(=O)(=O)c2cccc(F)c2)ccc1=O)Nc1ccc(Cl)cc1. The molecule has 7 nitrogen and oxygen atoms in total. The van der Waals surface area contributed by atoms with E-state index in [9.17, 15) is 22.4 Å². The Morgan fingerprint density at radius 2 is 1.82 bits per heavy atom. The van der Waals surface area contributed by atoms with E-state index in [1.807, 2.05) is 0 Å². The predicted molar refractivity (Wildman–Crippen MR) is 100 cm³/mol. The maximum atomic E-state index is 13.4. The molecule has 1 aromatic heterocycles. The molecule has 2 aromatic carbocycles. The molecule has 1 amide bonds. The van der Waals surface area contributed by atoms with Crippen LogP contribution in [0.15, 0.2) is 75.4 Å². The van der Waals surface area contributed by atoms with E-state index in [-0.39, 0.29) is 4.90 Å². The molecule has 0 aliphatic carbocycles. The van der Waals surface area contributed by atoms with E-state index in [1.54, 1.807) is 24.3 Å². The number of benzene rings is 2. The molecule has 3 aromatic rings. The number of hydrogen-bond donors (Lipinski definition) is 1. The molecule has 10 heteroatoms. The van der Waals surface area contributed by atoms with Gasteiger partial charge in [0, 0.05) is 16.8 Å². The maximum absolute atomic E-state index is 13.4. The second-order valence-corrected chi connectivity index (χ2v) is 8.02. The molecule has 144 valence electrons. The van der Waals surface area contributed by atoms with Gasteiger partial charge in [-0.15, -0.1) is 0 Å². The summed E-state index contributed by atoms with van der Waals surface area (Å²) in [5.41, 5.74) is -0.213. The van der Waals surface area contributed by atoms with Gasteiger partial charge in [-0.05, 0) is 48.5 Å². The number of hydrogen-bond acceptors (Lipinski definition) is 5. The van der Waals surface area contributed by atoms with Crippen molar-refractivity contribution in [3.05, 3.63) is 81.9 Å². The number of aromatic nitrogens is 2. The van der Waals surface area contributed by atoms with Gasteiger partial charge in [0.05, 0.1) is 4.90 Å². The average Bonchev–Trinajstić information content (AvgIpc) is 2.65. The van der Waals surface area contributed by atoms with E-state index in [4.69, 9.17) is 11.6 Å². The van der Waals surface area contributed by atoms with Gasteiger partial charge in [0.25, 0.3) is 5.56 Å². The zero-order chi connectivity index (χ0) is 20.3. The largest absolute Gasteiger partial charge is 0.324 e. The van der Waals surface area contributed by atoms with Crippen LogP contribution in [-0.2, 0) is 21.2 Å². The minimum absolute atomic E-state index is 0.309. The first-order chi connectivity index (χ1) is 13.3. The molecule has 0 fully saturated rings. The molecule has 0 atom stereocenters. The Morgan fingerprint density at radius 1 is 1.11 bits per heavy atom. The minimum Gasteiger partial charge on any atom is -0.324 e. The zero-order valence-corrected chi connectivity index (χ0v) is 15.7. The molecule has 1 N–H and O–H groups in total. The topological polar surface area (TPSA) is 98.1 Å². The summed E-state index contributed by atoms with van der Waals surface area (Å²) in [4.78, 5) is 23.8. The van der Waals surface area contributed by atoms with Gasteiger partial charge in [0.2, 0.25) is 15.7 Å². The molecule has 1 heterocycles. The standard InChI is InChI=1S/C18H13ClFN3O4S/c19-12-4-6-14(7-5-12)21-16(24)11-23-18(25)9-8-17(22-23)28(26,27)15-3-1-2-13(20)10-15/h1-10H,11H2,(H,21,24). The van der Waals surface area contributed by atoms with E-state index in [2.05, 4.69) is 10.4 Å². The fourth-order valence-corrected chi connectivity index (χ4v) is 3.66. The number of nitrogens with zero attached hydrogens (tertiary/aromatic N) is 2. The van der Waals surface area contributed by atoms with Crippen molar-refractivity contribution in [3.8, 4) is 0 Å². The van der Waals surface area contributed by atoms with Gasteiger partial charge in [0.15, 0.2) is 5.03 Å². The molecule has 0 aliphatic heterocycles. The first-order valence-corrected chi connectivity index (χ1v) is 9.76.